The maximum atomic E-state index is 11.5. The minimum Gasteiger partial charge on any atom is -0.422 e. The Hall–Kier alpha value is -1.31. The van der Waals surface area contributed by atoms with Crippen LogP contribution < -0.4 is 5.59 Å². The van der Waals surface area contributed by atoms with Crippen molar-refractivity contribution in [3.8, 4) is 0 Å². The van der Waals surface area contributed by atoms with E-state index < -0.39 is 18.8 Å². The Morgan fingerprint density at radius 3 is 2.56 bits per heavy atom. The molecule has 0 saturated carbocycles. The van der Waals surface area contributed by atoms with Crippen molar-refractivity contribution in [2.45, 2.75) is 26.4 Å². The zero-order valence-corrected chi connectivity index (χ0v) is 9.38. The number of hydrogen-bond donors (Lipinski definition) is 2. The van der Waals surface area contributed by atoms with E-state index >= 15 is 0 Å². The van der Waals surface area contributed by atoms with E-state index in [0.717, 1.165) is 4.57 Å². The van der Waals surface area contributed by atoms with Crippen molar-refractivity contribution < 1.29 is 24.6 Å². The van der Waals surface area contributed by atoms with Crippen molar-refractivity contribution in [2.24, 2.45) is 0 Å². The molecule has 0 aliphatic heterocycles. The highest BCUT2D eigenvalue weighted by atomic mass is 17.2. The second-order valence-corrected chi connectivity index (χ2v) is 4.22. The molecule has 0 amide bonds. The van der Waals surface area contributed by atoms with Gasteiger partial charge in [0.05, 0.1) is 5.59 Å². The molecular formula is C9H14BNO5. The summed E-state index contributed by atoms with van der Waals surface area (Å²) in [6, 6.07) is 2.89. The molecule has 1 aromatic heterocycles. The van der Waals surface area contributed by atoms with Gasteiger partial charge in [-0.15, -0.1) is 0 Å². The molecule has 0 aliphatic carbocycles. The first-order valence-electron chi connectivity index (χ1n) is 4.74. The monoisotopic (exact) mass is 227 g/mol. The third kappa shape index (κ3) is 3.37. The van der Waals surface area contributed by atoms with E-state index in [-0.39, 0.29) is 5.59 Å². The number of rotatable bonds is 2. The van der Waals surface area contributed by atoms with E-state index in [2.05, 4.69) is 4.89 Å². The summed E-state index contributed by atoms with van der Waals surface area (Å²) in [5.41, 5.74) is -0.608. The lowest BCUT2D eigenvalue weighted by Gasteiger charge is -2.17. The van der Waals surface area contributed by atoms with Crippen LogP contribution in [0.4, 0.5) is 4.79 Å². The molecule has 0 unspecified atom stereocenters. The number of hydrogen-bond acceptors (Lipinski definition) is 5. The van der Waals surface area contributed by atoms with Gasteiger partial charge in [0.1, 0.15) is 5.60 Å². The lowest BCUT2D eigenvalue weighted by Crippen LogP contribution is -2.39. The smallest absolute Gasteiger partial charge is 0.422 e. The first-order chi connectivity index (χ1) is 7.31. The Bertz CT molecular complexity index is 368. The molecule has 1 heterocycles. The molecule has 0 fully saturated rings. The molecule has 6 nitrogen and oxygen atoms in total. The molecule has 0 aliphatic rings. The average molecular weight is 227 g/mol. The van der Waals surface area contributed by atoms with Crippen molar-refractivity contribution >= 4 is 18.8 Å². The maximum absolute atomic E-state index is 11.5. The molecular weight excluding hydrogens is 213 g/mol. The fraction of sp³-hybridized carbons (Fsp3) is 0.444. The molecule has 88 valence electrons. The van der Waals surface area contributed by atoms with Crippen molar-refractivity contribution in [2.75, 3.05) is 0 Å². The summed E-state index contributed by atoms with van der Waals surface area (Å²) in [4.78, 5) is 20.8. The molecule has 0 atom stereocenters. The molecule has 1 aromatic rings. The summed E-state index contributed by atoms with van der Waals surface area (Å²) < 4.78 is 0.955. The van der Waals surface area contributed by atoms with Gasteiger partial charge in [-0.1, -0.05) is 0 Å². The van der Waals surface area contributed by atoms with Crippen molar-refractivity contribution in [3.63, 3.8) is 0 Å². The fourth-order valence-corrected chi connectivity index (χ4v) is 0.972. The Morgan fingerprint density at radius 1 is 1.44 bits per heavy atom. The van der Waals surface area contributed by atoms with Crippen molar-refractivity contribution in [1.82, 2.24) is 4.57 Å². The summed E-state index contributed by atoms with van der Waals surface area (Å²) in [6.45, 7) is 5.16. The van der Waals surface area contributed by atoms with Gasteiger partial charge >= 0.3 is 13.2 Å². The van der Waals surface area contributed by atoms with Gasteiger partial charge in [0.15, 0.2) is 0 Å². The predicted molar refractivity (Wildman–Crippen MR) is 57.0 cm³/mol. The van der Waals surface area contributed by atoms with Gasteiger partial charge in [0.2, 0.25) is 0 Å². The van der Waals surface area contributed by atoms with Crippen LogP contribution in [0, 0.1) is 0 Å². The summed E-state index contributed by atoms with van der Waals surface area (Å²) in [5.74, 6) is 0. The topological polar surface area (TPSA) is 80.9 Å². The quantitative estimate of drug-likeness (QED) is 0.418. The van der Waals surface area contributed by atoms with Crippen LogP contribution >= 0.6 is 0 Å². The molecule has 0 saturated heterocycles. The highest BCUT2D eigenvalue weighted by Gasteiger charge is 2.22. The van der Waals surface area contributed by atoms with Gasteiger partial charge in [-0.2, -0.15) is 4.89 Å². The average Bonchev–Trinajstić information content (AvgIpc) is 2.61. The summed E-state index contributed by atoms with van der Waals surface area (Å²) in [7, 11) is -1.74. The van der Waals surface area contributed by atoms with Crippen LogP contribution in [-0.2, 0) is 9.78 Å². The van der Waals surface area contributed by atoms with Crippen LogP contribution in [0.3, 0.4) is 0 Å². The van der Waals surface area contributed by atoms with Crippen LogP contribution in [0.25, 0.3) is 0 Å². The maximum Gasteiger partial charge on any atom is 0.506 e. The second-order valence-electron chi connectivity index (χ2n) is 4.22. The third-order valence-electron chi connectivity index (χ3n) is 1.60. The van der Waals surface area contributed by atoms with Crippen molar-refractivity contribution in [3.05, 3.63) is 18.3 Å². The Labute approximate surface area is 93.5 Å². The predicted octanol–water partition coefficient (Wildman–Crippen LogP) is -0.117. The van der Waals surface area contributed by atoms with Gasteiger partial charge in [0, 0.05) is 6.20 Å². The Kier molecular flexibility index (Phi) is 3.74. The van der Waals surface area contributed by atoms with Crippen LogP contribution in [0.15, 0.2) is 18.3 Å². The van der Waals surface area contributed by atoms with E-state index in [1.54, 1.807) is 20.8 Å². The van der Waals surface area contributed by atoms with E-state index in [1.165, 1.54) is 18.3 Å². The van der Waals surface area contributed by atoms with Crippen LogP contribution in [0.1, 0.15) is 20.8 Å². The van der Waals surface area contributed by atoms with E-state index in [9.17, 15) is 4.79 Å². The fourth-order valence-electron chi connectivity index (χ4n) is 0.972. The molecule has 0 radical (unpaired) electrons. The third-order valence-corrected chi connectivity index (χ3v) is 1.60. The normalized spacial score (nSPS) is 11.3. The van der Waals surface area contributed by atoms with Gasteiger partial charge in [0.25, 0.3) is 0 Å². The molecule has 0 spiro atoms. The second kappa shape index (κ2) is 4.69. The molecule has 16 heavy (non-hydrogen) atoms. The van der Waals surface area contributed by atoms with Gasteiger partial charge < -0.3 is 10.0 Å². The van der Waals surface area contributed by atoms with Gasteiger partial charge in [-0.05, 0) is 32.9 Å². The molecule has 7 heteroatoms. The molecule has 2 N–H and O–H groups in total. The molecule has 0 aromatic carbocycles. The van der Waals surface area contributed by atoms with E-state index in [4.69, 9.17) is 14.9 Å². The SMILES string of the molecule is CC(C)(C)OOC(=O)n1cccc1B(O)O. The Balaban J connectivity index is 2.70. The van der Waals surface area contributed by atoms with E-state index in [1.807, 2.05) is 0 Å². The van der Waals surface area contributed by atoms with Crippen LogP contribution in [0.2, 0.25) is 0 Å². The van der Waals surface area contributed by atoms with Crippen molar-refractivity contribution in [1.29, 1.82) is 0 Å². The van der Waals surface area contributed by atoms with Gasteiger partial charge in [-0.3, -0.25) is 9.45 Å². The standard InChI is InChI=1S/C9H14BNO5/c1-9(2,3)16-15-8(12)11-6-4-5-7(11)10(13)14/h4-6,13-14H,1-3H3. The largest absolute Gasteiger partial charge is 0.506 e. The van der Waals surface area contributed by atoms with Gasteiger partial charge in [-0.25, -0.2) is 4.79 Å². The Morgan fingerprint density at radius 2 is 2.06 bits per heavy atom. The van der Waals surface area contributed by atoms with Crippen LogP contribution in [-0.4, -0.2) is 33.4 Å². The number of aromatic nitrogens is 1. The first-order valence-corrected chi connectivity index (χ1v) is 4.74. The van der Waals surface area contributed by atoms with Crippen LogP contribution in [0.5, 0.6) is 0 Å². The minimum atomic E-state index is -1.74. The molecule has 0 bridgehead atoms. The summed E-state index contributed by atoms with van der Waals surface area (Å²) in [6.07, 6.45) is 0.520. The summed E-state index contributed by atoms with van der Waals surface area (Å²) >= 11 is 0. The minimum absolute atomic E-state index is 0.0162. The number of nitrogens with zero attached hydrogens (tertiary/aromatic N) is 1. The summed E-state index contributed by atoms with van der Waals surface area (Å²) in [5, 5.41) is 17.9. The lowest BCUT2D eigenvalue weighted by molar-refractivity contribution is -0.300. The highest BCUT2D eigenvalue weighted by molar-refractivity contribution is 6.58. The number of carbonyl (C=O) groups is 1. The lowest BCUT2D eigenvalue weighted by atomic mass is 9.86. The zero-order chi connectivity index (χ0) is 12.3. The molecule has 1 rings (SSSR count). The zero-order valence-electron chi connectivity index (χ0n) is 9.38. The number of carbonyl (C=O) groups excluding carboxylic acids is 1. The van der Waals surface area contributed by atoms with E-state index in [0.29, 0.717) is 0 Å². The first kappa shape index (κ1) is 12.8. The highest BCUT2D eigenvalue weighted by Crippen LogP contribution is 2.07.